The largest absolute Gasteiger partial charge is 0.497 e. The van der Waals surface area contributed by atoms with Gasteiger partial charge >= 0.3 is 0 Å². The molecule has 7 nitrogen and oxygen atoms in total. The molecule has 180 valence electrons. The van der Waals surface area contributed by atoms with E-state index in [4.69, 9.17) is 4.74 Å². The summed E-state index contributed by atoms with van der Waals surface area (Å²) in [6.45, 7) is 0.462. The number of carbonyl (C=O) groups excluding carboxylic acids is 1. The van der Waals surface area contributed by atoms with Crippen molar-refractivity contribution in [2.24, 2.45) is 5.92 Å². The Morgan fingerprint density at radius 1 is 1.09 bits per heavy atom. The standard InChI is InChI=1S/C25H29F2N5O2/c1-32(2)23-19-12-20(26)21(27)13-22(19)30-25(31-23)29-17-9-7-16(8-10-17)24(33)28-14-15-5-4-6-18(11-15)34-3/h4-6,11-13,16-17H,7-10,14H2,1-3H3,(H,28,33)(H,29,30,31). The Hall–Kier alpha value is -3.49. The molecule has 0 spiro atoms. The molecule has 1 aliphatic rings. The predicted molar refractivity (Wildman–Crippen MR) is 128 cm³/mol. The number of aromatic nitrogens is 2. The van der Waals surface area contributed by atoms with Crippen LogP contribution < -0.4 is 20.3 Å². The van der Waals surface area contributed by atoms with Gasteiger partial charge in [0.25, 0.3) is 0 Å². The Bertz CT molecular complexity index is 1180. The van der Waals surface area contributed by atoms with Crippen LogP contribution in [0.25, 0.3) is 10.9 Å². The quantitative estimate of drug-likeness (QED) is 0.538. The molecule has 1 aromatic heterocycles. The molecule has 4 rings (SSSR count). The smallest absolute Gasteiger partial charge is 0.225 e. The fraction of sp³-hybridized carbons (Fsp3) is 0.400. The third kappa shape index (κ3) is 5.35. The molecule has 0 bridgehead atoms. The summed E-state index contributed by atoms with van der Waals surface area (Å²) in [6.07, 6.45) is 3.06. The van der Waals surface area contributed by atoms with Crippen molar-refractivity contribution < 1.29 is 18.3 Å². The molecule has 0 aliphatic heterocycles. The summed E-state index contributed by atoms with van der Waals surface area (Å²) >= 11 is 0. The summed E-state index contributed by atoms with van der Waals surface area (Å²) in [6, 6.07) is 9.95. The van der Waals surface area contributed by atoms with E-state index in [9.17, 15) is 13.6 Å². The molecule has 1 heterocycles. The third-order valence-electron chi connectivity index (χ3n) is 6.17. The fourth-order valence-corrected chi connectivity index (χ4v) is 4.31. The number of amides is 1. The van der Waals surface area contributed by atoms with Crippen molar-refractivity contribution in [3.63, 3.8) is 0 Å². The molecule has 1 aliphatic carbocycles. The summed E-state index contributed by atoms with van der Waals surface area (Å²) < 4.78 is 32.8. The van der Waals surface area contributed by atoms with Gasteiger partial charge in [0.15, 0.2) is 11.6 Å². The maximum Gasteiger partial charge on any atom is 0.225 e. The average Bonchev–Trinajstić information content (AvgIpc) is 2.83. The third-order valence-corrected chi connectivity index (χ3v) is 6.17. The molecule has 0 radical (unpaired) electrons. The zero-order valence-corrected chi connectivity index (χ0v) is 19.6. The first-order valence-corrected chi connectivity index (χ1v) is 11.4. The normalized spacial score (nSPS) is 17.9. The van der Waals surface area contributed by atoms with Gasteiger partial charge in [-0.3, -0.25) is 4.79 Å². The van der Waals surface area contributed by atoms with E-state index in [1.165, 1.54) is 0 Å². The van der Waals surface area contributed by atoms with E-state index in [2.05, 4.69) is 20.6 Å². The van der Waals surface area contributed by atoms with Crippen LogP contribution >= 0.6 is 0 Å². The Kier molecular flexibility index (Phi) is 7.09. The van der Waals surface area contributed by atoms with Crippen LogP contribution in [0, 0.1) is 17.6 Å². The lowest BCUT2D eigenvalue weighted by Crippen LogP contribution is -2.35. The first-order chi connectivity index (χ1) is 16.3. The van der Waals surface area contributed by atoms with Gasteiger partial charge in [-0.05, 0) is 49.4 Å². The monoisotopic (exact) mass is 469 g/mol. The van der Waals surface area contributed by atoms with Gasteiger partial charge < -0.3 is 20.3 Å². The molecule has 1 saturated carbocycles. The number of rotatable bonds is 7. The second kappa shape index (κ2) is 10.2. The summed E-state index contributed by atoms with van der Waals surface area (Å²) in [5, 5.41) is 6.79. The molecule has 34 heavy (non-hydrogen) atoms. The first-order valence-electron chi connectivity index (χ1n) is 11.4. The number of hydrogen-bond acceptors (Lipinski definition) is 6. The minimum atomic E-state index is -0.942. The molecule has 1 fully saturated rings. The number of halogens is 2. The first kappa shape index (κ1) is 23.7. The zero-order chi connectivity index (χ0) is 24.2. The molecule has 2 N–H and O–H groups in total. The number of nitrogens with one attached hydrogen (secondary N) is 2. The van der Waals surface area contributed by atoms with Crippen LogP contribution in [-0.2, 0) is 11.3 Å². The van der Waals surface area contributed by atoms with Crippen molar-refractivity contribution in [1.29, 1.82) is 0 Å². The van der Waals surface area contributed by atoms with Gasteiger partial charge in [-0.15, -0.1) is 0 Å². The highest BCUT2D eigenvalue weighted by molar-refractivity contribution is 5.90. The van der Waals surface area contributed by atoms with Gasteiger partial charge in [0.05, 0.1) is 12.6 Å². The van der Waals surface area contributed by atoms with Gasteiger partial charge in [-0.1, -0.05) is 12.1 Å². The SMILES string of the molecule is COc1cccc(CNC(=O)C2CCC(Nc3nc(N(C)C)c4cc(F)c(F)cc4n3)CC2)c1. The van der Waals surface area contributed by atoms with Crippen LogP contribution in [0.15, 0.2) is 36.4 Å². The summed E-state index contributed by atoms with van der Waals surface area (Å²) in [5.41, 5.74) is 1.33. The second-order valence-electron chi connectivity index (χ2n) is 8.81. The van der Waals surface area contributed by atoms with Gasteiger partial charge in [0.2, 0.25) is 11.9 Å². The van der Waals surface area contributed by atoms with E-state index < -0.39 is 11.6 Å². The van der Waals surface area contributed by atoms with E-state index >= 15 is 0 Å². The van der Waals surface area contributed by atoms with Gasteiger partial charge in [-0.2, -0.15) is 4.98 Å². The van der Waals surface area contributed by atoms with E-state index in [0.717, 1.165) is 49.1 Å². The van der Waals surface area contributed by atoms with Crippen molar-refractivity contribution in [2.75, 3.05) is 31.4 Å². The zero-order valence-electron chi connectivity index (χ0n) is 19.6. The van der Waals surface area contributed by atoms with Crippen LogP contribution in [0.5, 0.6) is 5.75 Å². The number of anilines is 2. The molecule has 0 atom stereocenters. The number of fused-ring (bicyclic) bond motifs is 1. The highest BCUT2D eigenvalue weighted by Gasteiger charge is 2.27. The minimum absolute atomic E-state index is 0.0458. The van der Waals surface area contributed by atoms with Gasteiger partial charge in [0, 0.05) is 44.1 Å². The van der Waals surface area contributed by atoms with E-state index in [1.54, 1.807) is 26.1 Å². The maximum absolute atomic E-state index is 13.8. The molecule has 2 aromatic carbocycles. The second-order valence-corrected chi connectivity index (χ2v) is 8.81. The number of carbonyl (C=O) groups is 1. The Morgan fingerprint density at radius 3 is 2.53 bits per heavy atom. The van der Waals surface area contributed by atoms with Crippen LogP contribution in [0.1, 0.15) is 31.2 Å². The van der Waals surface area contributed by atoms with Crippen LogP contribution in [0.3, 0.4) is 0 Å². The molecule has 0 unspecified atom stereocenters. The van der Waals surface area contributed by atoms with Crippen LogP contribution in [0.2, 0.25) is 0 Å². The fourth-order valence-electron chi connectivity index (χ4n) is 4.31. The number of methoxy groups -OCH3 is 1. The number of ether oxygens (including phenoxy) is 1. The average molecular weight is 470 g/mol. The van der Waals surface area contributed by atoms with Crippen molar-refractivity contribution in [1.82, 2.24) is 15.3 Å². The summed E-state index contributed by atoms with van der Waals surface area (Å²) in [7, 11) is 5.21. The lowest BCUT2D eigenvalue weighted by molar-refractivity contribution is -0.126. The van der Waals surface area contributed by atoms with Crippen LogP contribution in [0.4, 0.5) is 20.5 Å². The van der Waals surface area contributed by atoms with E-state index in [-0.39, 0.29) is 17.9 Å². The molecular weight excluding hydrogens is 440 g/mol. The summed E-state index contributed by atoms with van der Waals surface area (Å²) in [4.78, 5) is 23.3. The minimum Gasteiger partial charge on any atom is -0.497 e. The number of benzene rings is 2. The highest BCUT2D eigenvalue weighted by Crippen LogP contribution is 2.29. The topological polar surface area (TPSA) is 79.4 Å². The van der Waals surface area contributed by atoms with Gasteiger partial charge in [-0.25, -0.2) is 13.8 Å². The Morgan fingerprint density at radius 2 is 1.82 bits per heavy atom. The molecular formula is C25H29F2N5O2. The molecule has 1 amide bonds. The van der Waals surface area contributed by atoms with Crippen molar-refractivity contribution >= 4 is 28.6 Å². The van der Waals surface area contributed by atoms with Crippen molar-refractivity contribution in [3.8, 4) is 5.75 Å². The molecule has 3 aromatic rings. The van der Waals surface area contributed by atoms with E-state index in [0.29, 0.717) is 29.2 Å². The Balaban J connectivity index is 1.36. The van der Waals surface area contributed by atoms with Crippen molar-refractivity contribution in [2.45, 2.75) is 38.3 Å². The lowest BCUT2D eigenvalue weighted by Gasteiger charge is -2.28. The van der Waals surface area contributed by atoms with Crippen LogP contribution in [-0.4, -0.2) is 43.1 Å². The number of nitrogens with zero attached hydrogens (tertiary/aromatic N) is 3. The van der Waals surface area contributed by atoms with Gasteiger partial charge in [0.1, 0.15) is 11.6 Å². The molecule has 0 saturated heterocycles. The number of hydrogen-bond donors (Lipinski definition) is 2. The summed E-state index contributed by atoms with van der Waals surface area (Å²) in [5.74, 6) is -0.221. The highest BCUT2D eigenvalue weighted by atomic mass is 19.2. The van der Waals surface area contributed by atoms with E-state index in [1.807, 2.05) is 24.3 Å². The maximum atomic E-state index is 13.8. The predicted octanol–water partition coefficient (Wildman–Crippen LogP) is 4.27. The molecule has 9 heteroatoms. The van der Waals surface area contributed by atoms with Crippen molar-refractivity contribution in [3.05, 3.63) is 53.6 Å². The Labute approximate surface area is 197 Å². The lowest BCUT2D eigenvalue weighted by atomic mass is 9.85.